The molecule has 13 heteroatoms. The zero-order valence-electron chi connectivity index (χ0n) is 19.4. The minimum Gasteiger partial charge on any atom is -0.456 e. The quantitative estimate of drug-likeness (QED) is 0.0798. The van der Waals surface area contributed by atoms with Crippen LogP contribution < -0.4 is 0 Å². The van der Waals surface area contributed by atoms with Crippen LogP contribution in [0.1, 0.15) is 57.8 Å². The van der Waals surface area contributed by atoms with E-state index < -0.39 is 73.0 Å². The van der Waals surface area contributed by atoms with Gasteiger partial charge in [-0.2, -0.15) is 30.7 Å². The van der Waals surface area contributed by atoms with E-state index >= 15 is 0 Å². The normalized spacial score (nSPS) is 29.5. The van der Waals surface area contributed by atoms with Gasteiger partial charge in [0.25, 0.3) is 0 Å². The smallest absolute Gasteiger partial charge is 0.456 e. The minimum atomic E-state index is -5.58. The number of alkyl halides is 7. The maximum absolute atomic E-state index is 14.3. The summed E-state index contributed by atoms with van der Waals surface area (Å²) in [6.45, 7) is 1.61. The topological polar surface area (TPSA) is 61.8 Å². The molecule has 206 valence electrons. The Morgan fingerprint density at radius 1 is 0.944 bits per heavy atom. The highest BCUT2D eigenvalue weighted by atomic mass is 32.1. The van der Waals surface area contributed by atoms with Crippen molar-refractivity contribution in [2.75, 3.05) is 13.2 Å². The highest BCUT2D eigenvalue weighted by molar-refractivity contribution is 7.81. The molecule has 0 N–H and O–H groups in total. The van der Waals surface area contributed by atoms with Crippen LogP contribution in [0.25, 0.3) is 0 Å². The molecule has 0 aromatic heterocycles. The molecule has 0 aliphatic heterocycles. The number of rotatable bonds is 12. The third-order valence-electron chi connectivity index (χ3n) is 7.31. The summed E-state index contributed by atoms with van der Waals surface area (Å²) in [6.07, 6.45) is -3.49. The number of hydrogen-bond donors (Lipinski definition) is 1. The number of halogens is 7. The van der Waals surface area contributed by atoms with Gasteiger partial charge in [-0.05, 0) is 69.1 Å². The molecule has 4 bridgehead atoms. The van der Waals surface area contributed by atoms with Crippen molar-refractivity contribution in [1.82, 2.24) is 0 Å². The molecule has 4 fully saturated rings. The largest absolute Gasteiger partial charge is 0.468 e. The molecule has 4 saturated carbocycles. The third kappa shape index (κ3) is 5.81. The van der Waals surface area contributed by atoms with E-state index in [0.717, 1.165) is 25.3 Å². The average Bonchev–Trinajstić information content (AvgIpc) is 2.73. The number of carbonyl (C=O) groups excluding carboxylic acids is 2. The van der Waals surface area contributed by atoms with Crippen molar-refractivity contribution in [3.63, 3.8) is 0 Å². The van der Waals surface area contributed by atoms with Crippen LogP contribution in [0.5, 0.6) is 0 Å². The van der Waals surface area contributed by atoms with Gasteiger partial charge in [-0.1, -0.05) is 25.3 Å². The third-order valence-corrected chi connectivity index (χ3v) is 7.64. The zero-order valence-corrected chi connectivity index (χ0v) is 20.3. The Kier molecular flexibility index (Phi) is 8.35. The Balaban J connectivity index is 1.77. The van der Waals surface area contributed by atoms with E-state index in [-0.39, 0.29) is 17.8 Å². The van der Waals surface area contributed by atoms with E-state index in [1.807, 2.05) is 0 Å². The first kappa shape index (κ1) is 29.1. The van der Waals surface area contributed by atoms with Gasteiger partial charge in [0.2, 0.25) is 0 Å². The van der Waals surface area contributed by atoms with Crippen LogP contribution in [0.4, 0.5) is 30.7 Å². The second-order valence-electron chi connectivity index (χ2n) is 10.1. The molecule has 0 radical (unpaired) electrons. The average molecular weight is 551 g/mol. The molecular formula is C23H29F7O5S. The summed E-state index contributed by atoms with van der Waals surface area (Å²) in [5.41, 5.74) is -1.17. The van der Waals surface area contributed by atoms with Crippen LogP contribution in [-0.4, -0.2) is 48.3 Å². The number of ether oxygens (including phenoxy) is 3. The summed E-state index contributed by atoms with van der Waals surface area (Å²) in [7, 11) is 0. The van der Waals surface area contributed by atoms with E-state index in [1.54, 1.807) is 0 Å². The van der Waals surface area contributed by atoms with E-state index in [1.165, 1.54) is 0 Å². The first-order valence-electron chi connectivity index (χ1n) is 11.8. The number of esters is 2. The summed E-state index contributed by atoms with van der Waals surface area (Å²) in [5, 5.41) is -4.62. The molecule has 4 aliphatic carbocycles. The van der Waals surface area contributed by atoms with Gasteiger partial charge in [-0.25, -0.2) is 4.79 Å². The second-order valence-corrected chi connectivity index (χ2v) is 10.7. The maximum Gasteiger partial charge on any atom is 0.468 e. The molecule has 0 heterocycles. The van der Waals surface area contributed by atoms with Crippen LogP contribution in [0.3, 0.4) is 0 Å². The number of unbranched alkanes of at least 4 members (excludes halogenated alkanes) is 1. The SMILES string of the molecule is C=CCOC(=O)C(OCCCCC(F)(F)C(F)(F)S)(OC(=O)C12CC3CC(CC(C3)C1)C2)C(F)(F)F. The Bertz CT molecular complexity index is 806. The molecule has 0 aromatic rings. The molecule has 0 aromatic carbocycles. The van der Waals surface area contributed by atoms with Crippen LogP contribution in [0, 0.1) is 23.2 Å². The summed E-state index contributed by atoms with van der Waals surface area (Å²) < 4.78 is 109. The number of thiol groups is 1. The van der Waals surface area contributed by atoms with Crippen molar-refractivity contribution >= 4 is 24.6 Å². The monoisotopic (exact) mass is 550 g/mol. The van der Waals surface area contributed by atoms with Crippen molar-refractivity contribution in [2.45, 2.75) is 80.9 Å². The molecule has 0 spiro atoms. The molecule has 4 rings (SSSR count). The predicted octanol–water partition coefficient (Wildman–Crippen LogP) is 6.08. The summed E-state index contributed by atoms with van der Waals surface area (Å²) in [6, 6.07) is 0. The van der Waals surface area contributed by atoms with Crippen LogP contribution >= 0.6 is 12.6 Å². The molecule has 1 unspecified atom stereocenters. The van der Waals surface area contributed by atoms with Crippen molar-refractivity contribution in [3.8, 4) is 0 Å². The molecule has 1 atom stereocenters. The molecule has 36 heavy (non-hydrogen) atoms. The van der Waals surface area contributed by atoms with Gasteiger partial charge in [0, 0.05) is 6.42 Å². The fraction of sp³-hybridized carbons (Fsp3) is 0.826. The van der Waals surface area contributed by atoms with Crippen LogP contribution in [-0.2, 0) is 23.8 Å². The van der Waals surface area contributed by atoms with E-state index in [0.29, 0.717) is 19.3 Å². The molecule has 5 nitrogen and oxygen atoms in total. The standard InChI is InChI=1S/C23H29F7O5S/c1-2-6-33-18(32)21(22(26,27)28,34-7-4-3-5-20(24,25)23(29,30)36)35-17(31)19-11-14-8-15(12-19)10-16(9-14)13-19/h2,14-16,36H,1,3-13H2. The Morgan fingerprint density at radius 3 is 1.92 bits per heavy atom. The van der Waals surface area contributed by atoms with E-state index in [9.17, 15) is 40.3 Å². The Morgan fingerprint density at radius 2 is 1.47 bits per heavy atom. The minimum absolute atomic E-state index is 0.185. The van der Waals surface area contributed by atoms with Gasteiger partial charge in [0.05, 0.1) is 12.0 Å². The summed E-state index contributed by atoms with van der Waals surface area (Å²) in [4.78, 5) is 25.8. The fourth-order valence-corrected chi connectivity index (χ4v) is 6.14. The van der Waals surface area contributed by atoms with Crippen LogP contribution in [0.2, 0.25) is 0 Å². The van der Waals surface area contributed by atoms with Crippen LogP contribution in [0.15, 0.2) is 12.7 Å². The lowest BCUT2D eigenvalue weighted by atomic mass is 9.49. The lowest BCUT2D eigenvalue weighted by Gasteiger charge is -2.55. The number of carbonyl (C=O) groups is 2. The summed E-state index contributed by atoms with van der Waals surface area (Å²) in [5.74, 6) is -11.3. The second kappa shape index (κ2) is 10.3. The van der Waals surface area contributed by atoms with Gasteiger partial charge < -0.3 is 14.2 Å². The van der Waals surface area contributed by atoms with E-state index in [2.05, 4.69) is 23.9 Å². The predicted molar refractivity (Wildman–Crippen MR) is 115 cm³/mol. The first-order valence-corrected chi connectivity index (χ1v) is 12.2. The van der Waals surface area contributed by atoms with Gasteiger partial charge in [-0.3, -0.25) is 4.79 Å². The van der Waals surface area contributed by atoms with Gasteiger partial charge in [0.1, 0.15) is 6.61 Å². The Hall–Kier alpha value is -1.50. The fourth-order valence-electron chi connectivity index (χ4n) is 6.03. The maximum atomic E-state index is 14.3. The lowest BCUT2D eigenvalue weighted by molar-refractivity contribution is -0.359. The first-order chi connectivity index (χ1) is 16.6. The van der Waals surface area contributed by atoms with Crippen molar-refractivity contribution in [2.24, 2.45) is 23.2 Å². The van der Waals surface area contributed by atoms with Gasteiger partial charge >= 0.3 is 35.1 Å². The Labute approximate surface area is 209 Å². The molecule has 0 saturated heterocycles. The molecular weight excluding hydrogens is 521 g/mol. The number of hydrogen-bond acceptors (Lipinski definition) is 6. The summed E-state index contributed by atoms with van der Waals surface area (Å²) >= 11 is 2.54. The van der Waals surface area contributed by atoms with Crippen molar-refractivity contribution in [1.29, 1.82) is 0 Å². The highest BCUT2D eigenvalue weighted by Crippen LogP contribution is 2.61. The lowest BCUT2D eigenvalue weighted by Crippen LogP contribution is -2.61. The van der Waals surface area contributed by atoms with Gasteiger partial charge in [0.15, 0.2) is 0 Å². The van der Waals surface area contributed by atoms with Crippen molar-refractivity contribution in [3.05, 3.63) is 12.7 Å². The molecule has 4 aliphatic rings. The molecule has 0 amide bonds. The highest BCUT2D eigenvalue weighted by Gasteiger charge is 2.69. The van der Waals surface area contributed by atoms with E-state index in [4.69, 9.17) is 9.47 Å². The van der Waals surface area contributed by atoms with Crippen molar-refractivity contribution < 1.29 is 54.5 Å². The zero-order chi connectivity index (χ0) is 27.0. The van der Waals surface area contributed by atoms with Gasteiger partial charge in [-0.15, -0.1) is 0 Å².